The molecule has 0 bridgehead atoms. The summed E-state index contributed by atoms with van der Waals surface area (Å²) in [7, 11) is 0. The Morgan fingerprint density at radius 3 is 2.31 bits per heavy atom. The minimum Gasteiger partial charge on any atom is -0.481 e. The first-order valence-corrected chi connectivity index (χ1v) is 9.00. The third-order valence-electron chi connectivity index (χ3n) is 4.90. The summed E-state index contributed by atoms with van der Waals surface area (Å²) in [6.45, 7) is 1.87. The van der Waals surface area contributed by atoms with Gasteiger partial charge in [0.15, 0.2) is 0 Å². The van der Waals surface area contributed by atoms with E-state index in [4.69, 9.17) is 9.57 Å². The molecular formula is C17H26F4N2O6. The Balaban J connectivity index is 2.22. The monoisotopic (exact) mass is 430 g/mol. The molecule has 29 heavy (non-hydrogen) atoms. The Morgan fingerprint density at radius 2 is 1.83 bits per heavy atom. The van der Waals surface area contributed by atoms with Gasteiger partial charge in [-0.1, -0.05) is 0 Å². The van der Waals surface area contributed by atoms with Gasteiger partial charge in [-0.15, -0.1) is 0 Å². The van der Waals surface area contributed by atoms with E-state index in [2.05, 4.69) is 4.74 Å². The Hall–Kier alpha value is -1.66. The minimum atomic E-state index is -3.43. The van der Waals surface area contributed by atoms with Crippen molar-refractivity contribution in [2.24, 2.45) is 5.41 Å². The summed E-state index contributed by atoms with van der Waals surface area (Å²) in [6, 6.07) is -2.73. The Bertz CT molecular complexity index is 640. The van der Waals surface area contributed by atoms with Crippen molar-refractivity contribution in [3.8, 4) is 0 Å². The zero-order chi connectivity index (χ0) is 22.4. The number of rotatable bonds is 6. The maximum atomic E-state index is 14.7. The van der Waals surface area contributed by atoms with Crippen LogP contribution in [0.2, 0.25) is 0 Å². The molecule has 2 fully saturated rings. The van der Waals surface area contributed by atoms with Crippen LogP contribution in [0, 0.1) is 5.41 Å². The molecule has 3 atom stereocenters. The van der Waals surface area contributed by atoms with E-state index in [1.807, 2.05) is 0 Å². The van der Waals surface area contributed by atoms with Crippen LogP contribution in [0.5, 0.6) is 0 Å². The lowest BCUT2D eigenvalue weighted by Crippen LogP contribution is -2.52. The molecule has 0 aromatic heterocycles. The predicted octanol–water partition coefficient (Wildman–Crippen LogP) is 2.58. The Labute approximate surface area is 165 Å². The quantitative estimate of drug-likeness (QED) is 0.648. The number of amides is 1. The van der Waals surface area contributed by atoms with Crippen molar-refractivity contribution in [3.05, 3.63) is 0 Å². The second-order valence-corrected chi connectivity index (χ2v) is 8.69. The number of aliphatic carboxylic acids is 1. The fourth-order valence-electron chi connectivity index (χ4n) is 3.28. The molecule has 2 saturated heterocycles. The molecule has 1 N–H and O–H groups in total. The van der Waals surface area contributed by atoms with Crippen molar-refractivity contribution < 1.29 is 46.6 Å². The molecule has 0 unspecified atom stereocenters. The zero-order valence-electron chi connectivity index (χ0n) is 16.8. The van der Waals surface area contributed by atoms with Crippen LogP contribution in [0.3, 0.4) is 0 Å². The number of carboxylic acids is 1. The van der Waals surface area contributed by atoms with Crippen molar-refractivity contribution in [3.63, 3.8) is 0 Å². The van der Waals surface area contributed by atoms with Crippen LogP contribution in [0.1, 0.15) is 34.6 Å². The Kier molecular flexibility index (Phi) is 6.41. The number of likely N-dealkylation sites (tertiary alicyclic amines) is 1. The van der Waals surface area contributed by atoms with Crippen LogP contribution < -0.4 is 0 Å². The molecule has 0 spiro atoms. The molecule has 0 radical (unpaired) electrons. The lowest BCUT2D eigenvalue weighted by molar-refractivity contribution is -0.240. The van der Waals surface area contributed by atoms with E-state index in [0.717, 1.165) is 23.8 Å². The number of carbonyl (C=O) groups is 2. The summed E-state index contributed by atoms with van der Waals surface area (Å²) in [4.78, 5) is 29.8. The van der Waals surface area contributed by atoms with Gasteiger partial charge in [-0.2, -0.15) is 13.8 Å². The van der Waals surface area contributed by atoms with E-state index in [0.29, 0.717) is 0 Å². The topological polar surface area (TPSA) is 88.5 Å². The number of nitrogens with zero attached hydrogens (tertiary/aromatic N) is 2. The van der Waals surface area contributed by atoms with Crippen molar-refractivity contribution in [2.75, 3.05) is 19.7 Å². The first kappa shape index (κ1) is 23.6. The molecule has 0 aliphatic carbocycles. The molecule has 2 aliphatic heterocycles. The fraction of sp³-hybridized carbons (Fsp3) is 0.882. The summed E-state index contributed by atoms with van der Waals surface area (Å²) in [6.07, 6.45) is -2.59. The molecule has 2 rings (SSSR count). The molecule has 2 heterocycles. The average molecular weight is 430 g/mol. The summed E-state index contributed by atoms with van der Waals surface area (Å²) in [5, 5.41) is 10.1. The van der Waals surface area contributed by atoms with Gasteiger partial charge in [0.2, 0.25) is 0 Å². The molecule has 168 valence electrons. The number of hydrogen-bond acceptors (Lipinski definition) is 6. The highest BCUT2D eigenvalue weighted by molar-refractivity contribution is 5.74. The van der Waals surface area contributed by atoms with Gasteiger partial charge < -0.3 is 14.6 Å². The van der Waals surface area contributed by atoms with Crippen LogP contribution in [0.25, 0.3) is 0 Å². The van der Waals surface area contributed by atoms with E-state index >= 15 is 0 Å². The van der Waals surface area contributed by atoms with Crippen molar-refractivity contribution in [1.29, 1.82) is 0 Å². The number of carbonyl (C=O) groups excluding carboxylic acids is 1. The lowest BCUT2D eigenvalue weighted by Gasteiger charge is -2.34. The van der Waals surface area contributed by atoms with Gasteiger partial charge in [-0.25, -0.2) is 13.6 Å². The van der Waals surface area contributed by atoms with E-state index in [1.165, 1.54) is 0 Å². The van der Waals surface area contributed by atoms with Gasteiger partial charge >= 0.3 is 18.7 Å². The van der Waals surface area contributed by atoms with Crippen LogP contribution in [-0.2, 0) is 19.1 Å². The van der Waals surface area contributed by atoms with Gasteiger partial charge in [0.25, 0.3) is 5.92 Å². The largest absolute Gasteiger partial charge is 0.481 e. The first-order chi connectivity index (χ1) is 13.1. The number of ether oxygens (including phenoxy) is 2. The summed E-state index contributed by atoms with van der Waals surface area (Å²) < 4.78 is 64.5. The zero-order valence-corrected chi connectivity index (χ0v) is 16.8. The van der Waals surface area contributed by atoms with Gasteiger partial charge in [0.05, 0.1) is 37.3 Å². The maximum absolute atomic E-state index is 14.7. The summed E-state index contributed by atoms with van der Waals surface area (Å²) in [5.74, 6) is -4.87. The standard InChI is InChI=1S/C17H26F4N2O6/c1-15(2,3)29-14(26)22-8-17(20,21)11-9(22)7-27-23(11)6-10(28-13(18)19)16(4,5)12(24)25/h9-11,13H,6-8H2,1-5H3,(H,24,25)/t9-,10+,11+/m1/s1. The normalized spacial score (nSPS) is 25.9. The molecule has 0 aromatic rings. The molecule has 0 saturated carbocycles. The lowest BCUT2D eigenvalue weighted by atomic mass is 9.86. The van der Waals surface area contributed by atoms with E-state index in [1.54, 1.807) is 20.8 Å². The summed E-state index contributed by atoms with van der Waals surface area (Å²) in [5.41, 5.74) is -2.71. The number of fused-ring (bicyclic) bond motifs is 1. The predicted molar refractivity (Wildman–Crippen MR) is 90.4 cm³/mol. The van der Waals surface area contributed by atoms with E-state index in [9.17, 15) is 32.3 Å². The SMILES string of the molecule is CC(C)(C)OC(=O)N1CC(F)(F)[C@@H]2[C@H]1CON2C[C@H](OC(F)F)C(C)(C)C(=O)O. The molecular weight excluding hydrogens is 404 g/mol. The van der Waals surface area contributed by atoms with Crippen LogP contribution in [-0.4, -0.2) is 83.2 Å². The molecule has 0 aromatic carbocycles. The van der Waals surface area contributed by atoms with E-state index < -0.39 is 66.9 Å². The van der Waals surface area contributed by atoms with Crippen molar-refractivity contribution in [2.45, 2.75) is 70.9 Å². The van der Waals surface area contributed by atoms with Crippen LogP contribution in [0.4, 0.5) is 22.4 Å². The number of alkyl halides is 4. The van der Waals surface area contributed by atoms with Gasteiger partial charge in [0.1, 0.15) is 11.6 Å². The molecule has 8 nitrogen and oxygen atoms in total. The summed E-state index contributed by atoms with van der Waals surface area (Å²) >= 11 is 0. The molecule has 12 heteroatoms. The van der Waals surface area contributed by atoms with Gasteiger partial charge in [0, 0.05) is 0 Å². The third-order valence-corrected chi connectivity index (χ3v) is 4.90. The highest BCUT2D eigenvalue weighted by Crippen LogP contribution is 2.41. The number of hydroxylamine groups is 2. The minimum absolute atomic E-state index is 0.311. The molecule has 1 amide bonds. The average Bonchev–Trinajstić information content (AvgIpc) is 3.04. The van der Waals surface area contributed by atoms with E-state index in [-0.39, 0.29) is 6.61 Å². The van der Waals surface area contributed by atoms with Gasteiger partial charge in [-0.05, 0) is 34.6 Å². The molecule has 2 aliphatic rings. The third kappa shape index (κ3) is 5.10. The van der Waals surface area contributed by atoms with Crippen molar-refractivity contribution in [1.82, 2.24) is 9.96 Å². The highest BCUT2D eigenvalue weighted by Gasteiger charge is 2.63. The second-order valence-electron chi connectivity index (χ2n) is 8.69. The number of hydrogen-bond donors (Lipinski definition) is 1. The van der Waals surface area contributed by atoms with Crippen LogP contribution in [0.15, 0.2) is 0 Å². The fourth-order valence-corrected chi connectivity index (χ4v) is 3.28. The van der Waals surface area contributed by atoms with Crippen molar-refractivity contribution >= 4 is 12.1 Å². The number of halogens is 4. The highest BCUT2D eigenvalue weighted by atomic mass is 19.3. The van der Waals surface area contributed by atoms with Gasteiger partial charge in [-0.3, -0.25) is 14.5 Å². The first-order valence-electron chi connectivity index (χ1n) is 9.00. The van der Waals surface area contributed by atoms with Crippen LogP contribution >= 0.6 is 0 Å². The maximum Gasteiger partial charge on any atom is 0.410 e. The smallest absolute Gasteiger partial charge is 0.410 e. The number of carboxylic acid groups (broad SMARTS) is 1. The Morgan fingerprint density at radius 1 is 1.24 bits per heavy atom. The second kappa shape index (κ2) is 7.88.